The Hall–Kier alpha value is -3.64. The van der Waals surface area contributed by atoms with Gasteiger partial charge in [0.25, 0.3) is 5.91 Å². The van der Waals surface area contributed by atoms with Crippen molar-refractivity contribution in [1.29, 1.82) is 0 Å². The van der Waals surface area contributed by atoms with Gasteiger partial charge in [-0.1, -0.05) is 23.7 Å². The third-order valence-electron chi connectivity index (χ3n) is 4.61. The molecule has 2 amide bonds. The molecule has 0 aliphatic carbocycles. The van der Waals surface area contributed by atoms with Crippen LogP contribution in [0.4, 0.5) is 5.69 Å². The first kappa shape index (κ1) is 19.7. The lowest BCUT2D eigenvalue weighted by atomic mass is 10.1. The lowest BCUT2D eigenvalue weighted by Gasteiger charge is -2.09. The summed E-state index contributed by atoms with van der Waals surface area (Å²) in [5, 5.41) is 6.32. The van der Waals surface area contributed by atoms with Crippen LogP contribution in [0.3, 0.4) is 0 Å². The van der Waals surface area contributed by atoms with E-state index in [4.69, 9.17) is 11.6 Å². The molecule has 0 spiro atoms. The maximum Gasteiger partial charge on any atom is 0.251 e. The summed E-state index contributed by atoms with van der Waals surface area (Å²) in [6, 6.07) is 20.2. The Morgan fingerprint density at radius 3 is 2.60 bits per heavy atom. The zero-order valence-corrected chi connectivity index (χ0v) is 17.0. The predicted molar refractivity (Wildman–Crippen MR) is 118 cm³/mol. The topological polar surface area (TPSA) is 76.0 Å². The van der Waals surface area contributed by atoms with Crippen molar-refractivity contribution in [3.8, 4) is 5.69 Å². The van der Waals surface area contributed by atoms with Crippen molar-refractivity contribution < 1.29 is 9.59 Å². The van der Waals surface area contributed by atoms with Crippen molar-refractivity contribution in [2.45, 2.75) is 13.5 Å². The molecular formula is C23H19ClN4O2. The van der Waals surface area contributed by atoms with Gasteiger partial charge in [0.2, 0.25) is 5.91 Å². The molecule has 0 fully saturated rings. The molecule has 1 heterocycles. The number of fused-ring (bicyclic) bond motifs is 1. The number of aromatic nitrogens is 2. The summed E-state index contributed by atoms with van der Waals surface area (Å²) in [7, 11) is 0. The standard InChI is InChI=1S/C23H19ClN4O2/c1-15(29)27-19-4-2-3-16(11-19)13-25-23(30)17-5-10-21-22(12-17)28(14-26-21)20-8-6-18(24)7-9-20/h2-12,14H,13H2,1H3,(H,25,30)(H,27,29). The Bertz CT molecular complexity index is 1230. The molecule has 0 atom stereocenters. The highest BCUT2D eigenvalue weighted by Gasteiger charge is 2.11. The van der Waals surface area contributed by atoms with Crippen LogP contribution in [0.1, 0.15) is 22.8 Å². The number of halogens is 1. The van der Waals surface area contributed by atoms with Gasteiger partial charge in [0, 0.05) is 35.4 Å². The van der Waals surface area contributed by atoms with Crippen LogP contribution in [0, 0.1) is 0 Å². The second-order valence-electron chi connectivity index (χ2n) is 6.86. The number of carbonyl (C=O) groups excluding carboxylic acids is 2. The van der Waals surface area contributed by atoms with Gasteiger partial charge in [0.1, 0.15) is 6.33 Å². The molecule has 4 aromatic rings. The van der Waals surface area contributed by atoms with E-state index in [0.29, 0.717) is 22.8 Å². The molecule has 2 N–H and O–H groups in total. The first-order valence-corrected chi connectivity index (χ1v) is 9.75. The summed E-state index contributed by atoms with van der Waals surface area (Å²) in [6.07, 6.45) is 1.73. The molecule has 7 heteroatoms. The van der Waals surface area contributed by atoms with Gasteiger partial charge in [-0.15, -0.1) is 0 Å². The average molecular weight is 419 g/mol. The number of hydrogen-bond acceptors (Lipinski definition) is 3. The second kappa shape index (κ2) is 8.39. The van der Waals surface area contributed by atoms with Crippen LogP contribution in [0.25, 0.3) is 16.7 Å². The molecule has 0 aliphatic rings. The first-order valence-electron chi connectivity index (χ1n) is 9.37. The molecule has 3 aromatic carbocycles. The Morgan fingerprint density at radius 2 is 1.83 bits per heavy atom. The van der Waals surface area contributed by atoms with Crippen molar-refractivity contribution in [2.75, 3.05) is 5.32 Å². The molecule has 0 bridgehead atoms. The highest BCUT2D eigenvalue weighted by atomic mass is 35.5. The summed E-state index contributed by atoms with van der Waals surface area (Å²) in [5.41, 5.74) is 4.66. The van der Waals surface area contributed by atoms with Crippen LogP contribution < -0.4 is 10.6 Å². The lowest BCUT2D eigenvalue weighted by molar-refractivity contribution is -0.114. The van der Waals surface area contributed by atoms with E-state index in [1.165, 1.54) is 6.92 Å². The average Bonchev–Trinajstić information content (AvgIpc) is 3.15. The third kappa shape index (κ3) is 4.34. The van der Waals surface area contributed by atoms with E-state index in [2.05, 4.69) is 15.6 Å². The number of carbonyl (C=O) groups is 2. The number of amides is 2. The summed E-state index contributed by atoms with van der Waals surface area (Å²) >= 11 is 5.98. The fourth-order valence-corrected chi connectivity index (χ4v) is 3.33. The number of imidazole rings is 1. The Balaban J connectivity index is 1.53. The molecule has 0 unspecified atom stereocenters. The van der Waals surface area contributed by atoms with Crippen LogP contribution in [0.5, 0.6) is 0 Å². The van der Waals surface area contributed by atoms with Gasteiger partial charge in [-0.05, 0) is 60.2 Å². The maximum atomic E-state index is 12.7. The number of benzene rings is 3. The van der Waals surface area contributed by atoms with Gasteiger partial charge in [0.05, 0.1) is 11.0 Å². The van der Waals surface area contributed by atoms with Gasteiger partial charge in [-0.25, -0.2) is 4.98 Å². The van der Waals surface area contributed by atoms with Crippen molar-refractivity contribution in [3.05, 3.63) is 89.2 Å². The van der Waals surface area contributed by atoms with E-state index < -0.39 is 0 Å². The zero-order valence-electron chi connectivity index (χ0n) is 16.2. The Labute approximate surface area is 178 Å². The number of rotatable bonds is 5. The molecule has 0 saturated heterocycles. The zero-order chi connectivity index (χ0) is 21.1. The molecular weight excluding hydrogens is 400 g/mol. The number of hydrogen-bond donors (Lipinski definition) is 2. The molecule has 0 saturated carbocycles. The van der Waals surface area contributed by atoms with E-state index in [-0.39, 0.29) is 11.8 Å². The van der Waals surface area contributed by atoms with Gasteiger partial charge < -0.3 is 10.6 Å². The van der Waals surface area contributed by atoms with Crippen LogP contribution >= 0.6 is 11.6 Å². The number of nitrogens with one attached hydrogen (secondary N) is 2. The molecule has 0 radical (unpaired) electrons. The summed E-state index contributed by atoms with van der Waals surface area (Å²) in [6.45, 7) is 1.81. The van der Waals surface area contributed by atoms with E-state index in [1.54, 1.807) is 18.5 Å². The number of anilines is 1. The van der Waals surface area contributed by atoms with Crippen LogP contribution in [0.15, 0.2) is 73.1 Å². The van der Waals surface area contributed by atoms with Gasteiger partial charge in [0.15, 0.2) is 0 Å². The highest BCUT2D eigenvalue weighted by Crippen LogP contribution is 2.21. The third-order valence-corrected chi connectivity index (χ3v) is 4.87. The Kier molecular flexibility index (Phi) is 5.50. The molecule has 1 aromatic heterocycles. The highest BCUT2D eigenvalue weighted by molar-refractivity contribution is 6.30. The maximum absolute atomic E-state index is 12.7. The summed E-state index contributed by atoms with van der Waals surface area (Å²) in [5.74, 6) is -0.326. The summed E-state index contributed by atoms with van der Waals surface area (Å²) < 4.78 is 1.92. The normalized spacial score (nSPS) is 10.7. The smallest absolute Gasteiger partial charge is 0.251 e. The van der Waals surface area contributed by atoms with Crippen molar-refractivity contribution >= 4 is 40.1 Å². The molecule has 0 aliphatic heterocycles. The fourth-order valence-electron chi connectivity index (χ4n) is 3.20. The molecule has 150 valence electrons. The van der Waals surface area contributed by atoms with E-state index in [9.17, 15) is 9.59 Å². The predicted octanol–water partition coefficient (Wildman–Crippen LogP) is 4.57. The lowest BCUT2D eigenvalue weighted by Crippen LogP contribution is -2.22. The monoisotopic (exact) mass is 418 g/mol. The van der Waals surface area contributed by atoms with E-state index in [0.717, 1.165) is 22.3 Å². The fraction of sp³-hybridized carbons (Fsp3) is 0.0870. The summed E-state index contributed by atoms with van der Waals surface area (Å²) in [4.78, 5) is 28.3. The largest absolute Gasteiger partial charge is 0.348 e. The molecule has 6 nitrogen and oxygen atoms in total. The SMILES string of the molecule is CC(=O)Nc1cccc(CNC(=O)c2ccc3ncn(-c4ccc(Cl)cc4)c3c2)c1. The number of nitrogens with zero attached hydrogens (tertiary/aromatic N) is 2. The van der Waals surface area contributed by atoms with E-state index >= 15 is 0 Å². The van der Waals surface area contributed by atoms with Crippen molar-refractivity contribution in [3.63, 3.8) is 0 Å². The van der Waals surface area contributed by atoms with Gasteiger partial charge in [-0.2, -0.15) is 0 Å². The Morgan fingerprint density at radius 1 is 1.03 bits per heavy atom. The van der Waals surface area contributed by atoms with Crippen LogP contribution in [-0.2, 0) is 11.3 Å². The van der Waals surface area contributed by atoms with Crippen LogP contribution in [0.2, 0.25) is 5.02 Å². The second-order valence-corrected chi connectivity index (χ2v) is 7.30. The quantitative estimate of drug-likeness (QED) is 0.498. The van der Waals surface area contributed by atoms with Gasteiger partial charge in [-0.3, -0.25) is 14.2 Å². The minimum Gasteiger partial charge on any atom is -0.348 e. The van der Waals surface area contributed by atoms with Crippen LogP contribution in [-0.4, -0.2) is 21.4 Å². The van der Waals surface area contributed by atoms with Crippen molar-refractivity contribution in [1.82, 2.24) is 14.9 Å². The van der Waals surface area contributed by atoms with Crippen molar-refractivity contribution in [2.24, 2.45) is 0 Å². The molecule has 30 heavy (non-hydrogen) atoms. The minimum absolute atomic E-state index is 0.137. The van der Waals surface area contributed by atoms with E-state index in [1.807, 2.05) is 59.2 Å². The minimum atomic E-state index is -0.189. The van der Waals surface area contributed by atoms with Gasteiger partial charge >= 0.3 is 0 Å². The first-order chi connectivity index (χ1) is 14.5. The molecule has 4 rings (SSSR count).